The molecule has 0 aliphatic carbocycles. The van der Waals surface area contributed by atoms with Gasteiger partial charge < -0.3 is 28.8 Å². The van der Waals surface area contributed by atoms with Crippen molar-refractivity contribution in [2.24, 2.45) is 0 Å². The largest absolute Gasteiger partial charge is 0.756 e. The maximum atomic E-state index is 13.0. The third-order valence-electron chi connectivity index (χ3n) is 15.3. The van der Waals surface area contributed by atoms with Crippen molar-refractivity contribution in [1.82, 2.24) is 5.32 Å². The molecule has 0 fully saturated rings. The molecule has 0 aliphatic heterocycles. The van der Waals surface area contributed by atoms with E-state index < -0.39 is 26.6 Å². The molecular formula is C73H133N2O6P. The summed E-state index contributed by atoms with van der Waals surface area (Å²) in [6, 6.07) is -0.914. The van der Waals surface area contributed by atoms with Crippen molar-refractivity contribution in [3.05, 3.63) is 97.2 Å². The Labute approximate surface area is 509 Å². The SMILES string of the molecule is CC/C=C\C/C=C\C/C=C\C/C=C\C/C=C\C/C=C\CCCCCCCCCCCCC(=O)NC(COP(=O)([O-])OCC[N+](C)(C)C)C(O)/C=C/CC/C=C/CCCCCCCCCCCCCCCCCCCCCCCCCCC. The number of phosphoric ester groups is 1. The molecule has 2 N–H and O–H groups in total. The zero-order valence-electron chi connectivity index (χ0n) is 54.4. The van der Waals surface area contributed by atoms with Gasteiger partial charge in [-0.05, 0) is 83.5 Å². The van der Waals surface area contributed by atoms with Crippen LogP contribution < -0.4 is 10.2 Å². The van der Waals surface area contributed by atoms with E-state index in [9.17, 15) is 19.4 Å². The fourth-order valence-corrected chi connectivity index (χ4v) is 10.7. The number of nitrogens with zero attached hydrogens (tertiary/aromatic N) is 1. The maximum Gasteiger partial charge on any atom is 0.268 e. The number of unbranched alkanes of at least 4 members (excludes halogenated alkanes) is 36. The smallest absolute Gasteiger partial charge is 0.268 e. The normalized spacial score (nSPS) is 14.3. The minimum absolute atomic E-state index is 0.0112. The van der Waals surface area contributed by atoms with Gasteiger partial charge in [-0.15, -0.1) is 0 Å². The van der Waals surface area contributed by atoms with Crippen LogP contribution in [0, 0.1) is 0 Å². The molecule has 0 saturated carbocycles. The van der Waals surface area contributed by atoms with Gasteiger partial charge in [0.05, 0.1) is 39.9 Å². The number of likely N-dealkylation sites (N-methyl/N-ethyl adjacent to an activating group) is 1. The Balaban J connectivity index is 4.15. The summed E-state index contributed by atoms with van der Waals surface area (Å²) in [5.74, 6) is -0.212. The Bertz CT molecular complexity index is 1660. The van der Waals surface area contributed by atoms with E-state index in [4.69, 9.17) is 9.05 Å². The Hall–Kier alpha value is -2.58. The van der Waals surface area contributed by atoms with Crippen molar-refractivity contribution < 1.29 is 32.9 Å². The number of aliphatic hydroxyl groups excluding tert-OH is 1. The lowest BCUT2D eigenvalue weighted by molar-refractivity contribution is -0.870. The fourth-order valence-electron chi connectivity index (χ4n) is 9.94. The van der Waals surface area contributed by atoms with Gasteiger partial charge in [-0.25, -0.2) is 0 Å². The predicted molar refractivity (Wildman–Crippen MR) is 357 cm³/mol. The molecule has 1 amide bonds. The lowest BCUT2D eigenvalue weighted by Crippen LogP contribution is -2.45. The molecule has 8 nitrogen and oxygen atoms in total. The molecule has 0 rings (SSSR count). The van der Waals surface area contributed by atoms with Crippen LogP contribution in [0.1, 0.15) is 309 Å². The number of amides is 1. The highest BCUT2D eigenvalue weighted by Crippen LogP contribution is 2.38. The van der Waals surface area contributed by atoms with Crippen molar-refractivity contribution in [3.8, 4) is 0 Å². The number of hydrogen-bond acceptors (Lipinski definition) is 6. The molecule has 3 unspecified atom stereocenters. The van der Waals surface area contributed by atoms with Gasteiger partial charge in [0, 0.05) is 6.42 Å². The monoisotopic (exact) mass is 1160 g/mol. The van der Waals surface area contributed by atoms with Crippen molar-refractivity contribution in [3.63, 3.8) is 0 Å². The van der Waals surface area contributed by atoms with Crippen LogP contribution in [-0.2, 0) is 18.4 Å². The van der Waals surface area contributed by atoms with E-state index in [-0.39, 0.29) is 12.5 Å². The average Bonchev–Trinajstić information content (AvgIpc) is 3.47. The zero-order valence-corrected chi connectivity index (χ0v) is 55.3. The number of phosphoric acid groups is 1. The van der Waals surface area contributed by atoms with Gasteiger partial charge >= 0.3 is 0 Å². The standard InChI is InChI=1S/C73H133N2O6P/c1-6-8-10-12-14-16-18-20-22-24-26-28-30-32-34-36-37-39-40-42-44-46-48-50-52-54-56-58-60-62-64-66-72(76)71(70-81-82(78,79)80-69-68-75(3,4)5)74-73(77)67-65-63-61-59-57-55-53-51-49-47-45-43-41-38-35-33-31-29-27-25-23-21-19-17-15-13-11-9-7-2/h9,11,15,17,21,23,27,29,33,35,41,43,56,58,64,66,71-72,76H,6-8,10,12-14,16,18-20,22,24-26,28,30-32,34,36-40,42,44-55,57,59-63,65,67-70H2,1-5H3,(H-,74,77,78,79)/b11-9-,17-15-,23-21-,29-27-,35-33-,43-41-,58-56+,66-64+. The van der Waals surface area contributed by atoms with Crippen molar-refractivity contribution in [2.45, 2.75) is 321 Å². The summed E-state index contributed by atoms with van der Waals surface area (Å²) in [7, 11) is 1.24. The molecule has 3 atom stereocenters. The van der Waals surface area contributed by atoms with E-state index in [1.54, 1.807) is 6.08 Å². The molecule has 9 heteroatoms. The highest BCUT2D eigenvalue weighted by Gasteiger charge is 2.23. The quantitative estimate of drug-likeness (QED) is 0.0272. The number of carbonyl (C=O) groups excluding carboxylic acids is 1. The Kier molecular flexibility index (Phi) is 61.0. The molecule has 82 heavy (non-hydrogen) atoms. The summed E-state index contributed by atoms with van der Waals surface area (Å²) in [6.07, 6.45) is 91.0. The van der Waals surface area contributed by atoms with Gasteiger partial charge in [-0.1, -0.05) is 317 Å². The molecule has 476 valence electrons. The fraction of sp³-hybridized carbons (Fsp3) is 0.767. The van der Waals surface area contributed by atoms with E-state index in [1.165, 1.54) is 205 Å². The molecule has 0 spiro atoms. The summed E-state index contributed by atoms with van der Waals surface area (Å²) >= 11 is 0. The second kappa shape index (κ2) is 62.9. The number of hydrogen-bond donors (Lipinski definition) is 2. The molecule has 0 aromatic rings. The number of rotatable bonds is 63. The lowest BCUT2D eigenvalue weighted by Gasteiger charge is -2.29. The zero-order chi connectivity index (χ0) is 59.8. The van der Waals surface area contributed by atoms with E-state index >= 15 is 0 Å². The first-order valence-electron chi connectivity index (χ1n) is 34.6. The van der Waals surface area contributed by atoms with Gasteiger partial charge in [0.15, 0.2) is 0 Å². The second-order valence-electron chi connectivity index (χ2n) is 24.5. The number of nitrogens with one attached hydrogen (secondary N) is 1. The number of allylic oxidation sites excluding steroid dienone is 15. The Morgan fingerprint density at radius 1 is 0.439 bits per heavy atom. The molecule has 0 saturated heterocycles. The Morgan fingerprint density at radius 3 is 1.13 bits per heavy atom. The van der Waals surface area contributed by atoms with Gasteiger partial charge in [0.25, 0.3) is 7.82 Å². The minimum atomic E-state index is -4.62. The molecule has 0 aromatic heterocycles. The van der Waals surface area contributed by atoms with Crippen LogP contribution in [0.4, 0.5) is 0 Å². The van der Waals surface area contributed by atoms with Gasteiger partial charge in [0.2, 0.25) is 5.91 Å². The van der Waals surface area contributed by atoms with Crippen LogP contribution in [0.15, 0.2) is 97.2 Å². The van der Waals surface area contributed by atoms with E-state index in [0.29, 0.717) is 17.4 Å². The van der Waals surface area contributed by atoms with E-state index in [1.807, 2.05) is 27.2 Å². The number of aliphatic hydroxyl groups is 1. The highest BCUT2D eigenvalue weighted by atomic mass is 31.2. The third-order valence-corrected chi connectivity index (χ3v) is 16.2. The van der Waals surface area contributed by atoms with Crippen LogP contribution in [-0.4, -0.2) is 68.5 Å². The summed E-state index contributed by atoms with van der Waals surface area (Å²) in [5.41, 5.74) is 0. The first-order chi connectivity index (χ1) is 40.0. The van der Waals surface area contributed by atoms with Gasteiger partial charge in [-0.2, -0.15) is 0 Å². The van der Waals surface area contributed by atoms with Crippen LogP contribution in [0.3, 0.4) is 0 Å². The summed E-state index contributed by atoms with van der Waals surface area (Å²) in [4.78, 5) is 25.6. The third kappa shape index (κ3) is 65.0. The van der Waals surface area contributed by atoms with Crippen LogP contribution in [0.2, 0.25) is 0 Å². The van der Waals surface area contributed by atoms with E-state index in [2.05, 4.69) is 104 Å². The summed E-state index contributed by atoms with van der Waals surface area (Å²) in [6.45, 7) is 4.54. The maximum absolute atomic E-state index is 13.0. The van der Waals surface area contributed by atoms with Crippen molar-refractivity contribution >= 4 is 13.7 Å². The molecular weight excluding hydrogens is 1030 g/mol. The first-order valence-corrected chi connectivity index (χ1v) is 36.1. The molecule has 0 radical (unpaired) electrons. The molecule has 0 heterocycles. The summed E-state index contributed by atoms with van der Waals surface area (Å²) < 4.78 is 23.4. The van der Waals surface area contributed by atoms with Crippen molar-refractivity contribution in [1.29, 1.82) is 0 Å². The van der Waals surface area contributed by atoms with Crippen LogP contribution in [0.5, 0.6) is 0 Å². The van der Waals surface area contributed by atoms with Crippen molar-refractivity contribution in [2.75, 3.05) is 40.9 Å². The van der Waals surface area contributed by atoms with Gasteiger partial charge in [-0.3, -0.25) is 9.36 Å². The second-order valence-corrected chi connectivity index (χ2v) is 25.9. The summed E-state index contributed by atoms with van der Waals surface area (Å²) in [5, 5.41) is 13.9. The van der Waals surface area contributed by atoms with Crippen LogP contribution in [0.25, 0.3) is 0 Å². The topological polar surface area (TPSA) is 108 Å². The van der Waals surface area contributed by atoms with Gasteiger partial charge in [0.1, 0.15) is 13.2 Å². The molecule has 0 aromatic carbocycles. The predicted octanol–water partition coefficient (Wildman–Crippen LogP) is 21.5. The van der Waals surface area contributed by atoms with Crippen LogP contribution >= 0.6 is 7.82 Å². The Morgan fingerprint density at radius 2 is 0.756 bits per heavy atom. The van der Waals surface area contributed by atoms with E-state index in [0.717, 1.165) is 83.5 Å². The molecule has 0 aliphatic rings. The first kappa shape index (κ1) is 79.4. The lowest BCUT2D eigenvalue weighted by atomic mass is 10.0. The average molecular weight is 1170 g/mol. The minimum Gasteiger partial charge on any atom is -0.756 e. The number of carbonyl (C=O) groups is 1. The molecule has 0 bridgehead atoms. The number of quaternary nitrogens is 1. The highest BCUT2D eigenvalue weighted by molar-refractivity contribution is 7.45.